The summed E-state index contributed by atoms with van der Waals surface area (Å²) < 4.78 is 16.8. The molecule has 0 bridgehead atoms. The van der Waals surface area contributed by atoms with Crippen molar-refractivity contribution in [3.05, 3.63) is 0 Å². The maximum absolute atomic E-state index is 12.5. The second-order valence-corrected chi connectivity index (χ2v) is 8.47. The molecule has 25 heteroatoms. The van der Waals surface area contributed by atoms with Crippen molar-refractivity contribution in [2.75, 3.05) is 0 Å². The maximum atomic E-state index is 12.5. The van der Waals surface area contributed by atoms with E-state index in [0.29, 0.717) is 0 Å². The van der Waals surface area contributed by atoms with Crippen LogP contribution in [-0.2, 0) is 64.8 Å². The fraction of sp³-hybridized carbons (Fsp3) is 0.684. The monoisotopic (exact) mass is 694 g/mol. The van der Waals surface area contributed by atoms with E-state index in [1.54, 1.807) is 0 Å². The van der Waals surface area contributed by atoms with Gasteiger partial charge in [-0.2, -0.15) is 0 Å². The summed E-state index contributed by atoms with van der Waals surface area (Å²) in [6.45, 7) is 0. The zero-order valence-electron chi connectivity index (χ0n) is 21.1. The molecule has 0 aliphatic carbocycles. The van der Waals surface area contributed by atoms with E-state index < -0.39 is 115 Å². The number of aliphatic hydroxyl groups is 12. The van der Waals surface area contributed by atoms with Gasteiger partial charge in [-0.3, -0.25) is 0 Å². The van der Waals surface area contributed by atoms with Crippen LogP contribution in [0, 0.1) is 0 Å². The molecule has 0 radical (unpaired) electrons. The van der Waals surface area contributed by atoms with Crippen molar-refractivity contribution >= 4 is 35.8 Å². The molecule has 13 atom stereocenters. The van der Waals surface area contributed by atoms with E-state index in [4.69, 9.17) is 10.2 Å². The standard InChI is InChI=1S/C19H26O24.Fe/c20-1(7(26)13(32)33)3(22)9(28)15(36)40-19(41-16(37)10(29)4(23)2(21)8(27)14(34)35)42-17(38)11(30)5(24)6(25)12(31)18(39)43-19;/h1-12,20-31H,(H,32,33)(H,34,35);/t1-,2-,3+,4+,5-,6+,7-,8+,9-,10+,11-,12+,19?;/m1./s1. The summed E-state index contributed by atoms with van der Waals surface area (Å²) in [4.78, 5) is 71.2. The molecule has 0 aromatic rings. The second kappa shape index (κ2) is 16.3. The minimum atomic E-state index is -4.57. The molecule has 44 heavy (non-hydrogen) atoms. The first-order valence-corrected chi connectivity index (χ1v) is 11.1. The normalized spacial score (nSPS) is 29.5. The molecular weight excluding hydrogens is 668 g/mol. The number of aliphatic hydroxyl groups excluding tert-OH is 12. The zero-order chi connectivity index (χ0) is 33.7. The third-order valence-corrected chi connectivity index (χ3v) is 5.37. The topological polar surface area (TPSA) is 423 Å². The Morgan fingerprint density at radius 2 is 0.818 bits per heavy atom. The first kappa shape index (κ1) is 40.9. The molecule has 24 nitrogen and oxygen atoms in total. The molecule has 1 fully saturated rings. The van der Waals surface area contributed by atoms with Crippen LogP contribution in [0.1, 0.15) is 0 Å². The Morgan fingerprint density at radius 1 is 0.568 bits per heavy atom. The Hall–Kier alpha value is -3.14. The van der Waals surface area contributed by atoms with Crippen molar-refractivity contribution < 1.29 is 136 Å². The van der Waals surface area contributed by atoms with Crippen LogP contribution in [0.4, 0.5) is 0 Å². The number of carbonyl (C=O) groups is 6. The Labute approximate surface area is 251 Å². The Bertz CT molecular complexity index is 984. The average Bonchev–Trinajstić information content (AvgIpc) is 2.96. The summed E-state index contributed by atoms with van der Waals surface area (Å²) in [5.41, 5.74) is 0. The van der Waals surface area contributed by atoms with Crippen molar-refractivity contribution in [1.82, 2.24) is 0 Å². The van der Waals surface area contributed by atoms with E-state index in [1.807, 2.05) is 0 Å². The predicted octanol–water partition coefficient (Wildman–Crippen LogP) is -10.7. The third-order valence-electron chi connectivity index (χ3n) is 5.37. The number of ether oxygens (including phenoxy) is 4. The van der Waals surface area contributed by atoms with E-state index in [-0.39, 0.29) is 17.1 Å². The summed E-state index contributed by atoms with van der Waals surface area (Å²) in [5.74, 6) is -14.3. The van der Waals surface area contributed by atoms with Gasteiger partial charge in [-0.25, -0.2) is 28.8 Å². The minimum Gasteiger partial charge on any atom is -0.479 e. The molecule has 1 aliphatic rings. The van der Waals surface area contributed by atoms with Gasteiger partial charge >= 0.3 is 42.0 Å². The number of rotatable bonds is 12. The van der Waals surface area contributed by atoms with Crippen LogP contribution < -0.4 is 0 Å². The SMILES string of the molecule is O=C(O)[C@@H](O)[C@H](O)[C@H](O)[C@H](O)C(=O)OC1(OC(=O)[C@H](O)[C@@H](O)[C@@H](O)[C@@H](O)C(=O)O)OC(=O)[C@@H](O)[C@@H](O)[C@@H](O)[C@@H](O)C(=O)O1.[Fe]. The van der Waals surface area contributed by atoms with Crippen molar-refractivity contribution in [3.8, 4) is 0 Å². The number of esters is 4. The number of hydrogen-bond donors (Lipinski definition) is 14. The number of carboxylic acids is 2. The molecule has 1 aliphatic heterocycles. The fourth-order valence-corrected chi connectivity index (χ4v) is 2.83. The summed E-state index contributed by atoms with van der Waals surface area (Å²) in [6, 6.07) is 0. The van der Waals surface area contributed by atoms with Crippen molar-refractivity contribution in [1.29, 1.82) is 0 Å². The Kier molecular flexibility index (Phi) is 15.1. The van der Waals surface area contributed by atoms with E-state index in [2.05, 4.69) is 18.9 Å². The van der Waals surface area contributed by atoms with Gasteiger partial charge in [0.05, 0.1) is 0 Å². The van der Waals surface area contributed by atoms with Crippen LogP contribution in [-0.4, -0.2) is 187 Å². The quantitative estimate of drug-likeness (QED) is 0.0512. The number of cyclic esters (lactones) is 2. The average molecular weight is 694 g/mol. The van der Waals surface area contributed by atoms with Gasteiger partial charge in [-0.15, -0.1) is 0 Å². The van der Waals surface area contributed by atoms with E-state index >= 15 is 0 Å². The van der Waals surface area contributed by atoms with Crippen LogP contribution in [0.25, 0.3) is 0 Å². The van der Waals surface area contributed by atoms with Crippen molar-refractivity contribution in [2.45, 2.75) is 79.4 Å². The predicted molar refractivity (Wildman–Crippen MR) is 114 cm³/mol. The van der Waals surface area contributed by atoms with Crippen molar-refractivity contribution in [2.24, 2.45) is 0 Å². The van der Waals surface area contributed by atoms with Gasteiger partial charge in [0, 0.05) is 17.1 Å². The molecule has 0 spiro atoms. The summed E-state index contributed by atoms with van der Waals surface area (Å²) in [5, 5.41) is 134. The first-order valence-electron chi connectivity index (χ1n) is 11.1. The van der Waals surface area contributed by atoms with Crippen LogP contribution in [0.3, 0.4) is 0 Å². The maximum Gasteiger partial charge on any atom is 0.620 e. The summed E-state index contributed by atoms with van der Waals surface area (Å²) in [7, 11) is 0. The van der Waals surface area contributed by atoms with Crippen molar-refractivity contribution in [3.63, 3.8) is 0 Å². The van der Waals surface area contributed by atoms with E-state index in [9.17, 15) is 90.0 Å². The molecule has 0 saturated carbocycles. The molecule has 14 N–H and O–H groups in total. The van der Waals surface area contributed by atoms with Gasteiger partial charge < -0.3 is 90.4 Å². The van der Waals surface area contributed by atoms with Gasteiger partial charge in [0.25, 0.3) is 0 Å². The molecule has 0 aromatic carbocycles. The van der Waals surface area contributed by atoms with Gasteiger partial charge in [0.1, 0.15) is 36.6 Å². The Morgan fingerprint density at radius 3 is 1.07 bits per heavy atom. The fourth-order valence-electron chi connectivity index (χ4n) is 2.83. The minimum absolute atomic E-state index is 0. The molecule has 1 rings (SSSR count). The zero-order valence-corrected chi connectivity index (χ0v) is 22.2. The van der Waals surface area contributed by atoms with Crippen LogP contribution in [0.2, 0.25) is 0 Å². The molecule has 254 valence electrons. The number of aliphatic carboxylic acids is 2. The van der Waals surface area contributed by atoms with Gasteiger partial charge in [0.15, 0.2) is 36.6 Å². The smallest absolute Gasteiger partial charge is 0.479 e. The Balaban J connectivity index is 0.0000185. The number of hydrogen-bond acceptors (Lipinski definition) is 22. The van der Waals surface area contributed by atoms with Crippen LogP contribution in [0.15, 0.2) is 0 Å². The summed E-state index contributed by atoms with van der Waals surface area (Å²) in [6.07, 6.45) is -40.4. The first-order chi connectivity index (χ1) is 19.6. The third kappa shape index (κ3) is 9.43. The molecule has 1 heterocycles. The van der Waals surface area contributed by atoms with E-state index in [1.165, 1.54) is 0 Å². The molecule has 0 aromatic heterocycles. The van der Waals surface area contributed by atoms with E-state index in [0.717, 1.165) is 0 Å². The van der Waals surface area contributed by atoms with Gasteiger partial charge in [-0.05, 0) is 0 Å². The largest absolute Gasteiger partial charge is 0.620 e. The number of carbonyl (C=O) groups excluding carboxylic acids is 4. The molecule has 1 unspecified atom stereocenters. The molecular formula is C19H26FeO24. The number of carboxylic acid groups (broad SMARTS) is 2. The van der Waals surface area contributed by atoms with Gasteiger partial charge in [0.2, 0.25) is 0 Å². The van der Waals surface area contributed by atoms with Crippen LogP contribution >= 0.6 is 0 Å². The van der Waals surface area contributed by atoms with Crippen LogP contribution in [0.5, 0.6) is 0 Å². The second-order valence-electron chi connectivity index (χ2n) is 8.47. The molecule has 1 saturated heterocycles. The van der Waals surface area contributed by atoms with Gasteiger partial charge in [-0.1, -0.05) is 0 Å². The summed E-state index contributed by atoms with van der Waals surface area (Å²) >= 11 is 0. The molecule has 0 amide bonds.